The Bertz CT molecular complexity index is 1240. The highest BCUT2D eigenvalue weighted by Gasteiger charge is 2.26. The maximum absolute atomic E-state index is 13.4. The number of fused-ring (bicyclic) bond motifs is 1. The van der Waals surface area contributed by atoms with Crippen LogP contribution in [0.4, 0.5) is 0 Å². The van der Waals surface area contributed by atoms with E-state index in [1.165, 1.54) is 16.3 Å². The van der Waals surface area contributed by atoms with E-state index in [0.29, 0.717) is 21.7 Å². The van der Waals surface area contributed by atoms with Gasteiger partial charge in [0.1, 0.15) is 5.25 Å². The van der Waals surface area contributed by atoms with Gasteiger partial charge in [-0.25, -0.2) is 4.98 Å². The van der Waals surface area contributed by atoms with E-state index in [0.717, 1.165) is 5.56 Å². The Kier molecular flexibility index (Phi) is 5.63. The molecule has 4 aromatic rings. The van der Waals surface area contributed by atoms with E-state index in [4.69, 9.17) is 4.98 Å². The Hall–Kier alpha value is -3.45. The van der Waals surface area contributed by atoms with Crippen molar-refractivity contribution in [3.8, 4) is 5.69 Å². The predicted octanol–water partition coefficient (Wildman–Crippen LogP) is 3.70. The van der Waals surface area contributed by atoms with Gasteiger partial charge in [-0.05, 0) is 29.8 Å². The lowest BCUT2D eigenvalue weighted by atomic mass is 10.1. The van der Waals surface area contributed by atoms with Crippen molar-refractivity contribution in [3.05, 3.63) is 95.0 Å². The number of likely N-dealkylation sites (N-methyl/N-ethyl adjacent to an activating group) is 1. The monoisotopic (exact) mass is 416 g/mol. The summed E-state index contributed by atoms with van der Waals surface area (Å²) in [4.78, 5) is 36.8. The van der Waals surface area contributed by atoms with Gasteiger partial charge in [0.2, 0.25) is 5.91 Å². The maximum Gasteiger partial charge on any atom is 0.266 e. The van der Waals surface area contributed by atoms with Crippen LogP contribution in [0.25, 0.3) is 16.6 Å². The molecular weight excluding hydrogens is 396 g/mol. The van der Waals surface area contributed by atoms with Gasteiger partial charge in [-0.2, -0.15) is 0 Å². The quantitative estimate of drug-likeness (QED) is 0.367. The van der Waals surface area contributed by atoms with Crippen LogP contribution in [0.5, 0.6) is 0 Å². The lowest BCUT2D eigenvalue weighted by Crippen LogP contribution is -2.28. The zero-order valence-electron chi connectivity index (χ0n) is 16.6. The van der Waals surface area contributed by atoms with Crippen LogP contribution < -0.4 is 5.56 Å². The van der Waals surface area contributed by atoms with Crippen LogP contribution in [0.2, 0.25) is 0 Å². The minimum atomic E-state index is -0.544. The average Bonchev–Trinajstić information content (AvgIpc) is 2.78. The highest BCUT2D eigenvalue weighted by molar-refractivity contribution is 8.00. The fourth-order valence-electron chi connectivity index (χ4n) is 3.13. The number of aromatic nitrogens is 3. The Morgan fingerprint density at radius 2 is 1.73 bits per heavy atom. The number of amides is 1. The number of carbonyl (C=O) groups excluding carboxylic acids is 1. The number of para-hydroxylation sites is 1. The van der Waals surface area contributed by atoms with Crippen molar-refractivity contribution in [2.45, 2.75) is 10.4 Å². The number of carbonyl (C=O) groups is 1. The van der Waals surface area contributed by atoms with Crippen molar-refractivity contribution in [2.75, 3.05) is 14.1 Å². The van der Waals surface area contributed by atoms with Gasteiger partial charge in [-0.15, -0.1) is 0 Å². The van der Waals surface area contributed by atoms with E-state index >= 15 is 0 Å². The molecule has 0 bridgehead atoms. The third-order valence-electron chi connectivity index (χ3n) is 4.64. The topological polar surface area (TPSA) is 68.1 Å². The largest absolute Gasteiger partial charge is 0.348 e. The molecule has 0 aliphatic heterocycles. The second-order valence-corrected chi connectivity index (χ2v) is 7.98. The molecule has 0 fully saturated rings. The van der Waals surface area contributed by atoms with Gasteiger partial charge in [-0.3, -0.25) is 19.1 Å². The van der Waals surface area contributed by atoms with Gasteiger partial charge in [0, 0.05) is 20.3 Å². The number of rotatable bonds is 5. The normalized spacial score (nSPS) is 11.9. The molecule has 0 N–H and O–H groups in total. The number of pyridine rings is 1. The summed E-state index contributed by atoms with van der Waals surface area (Å²) < 4.78 is 1.53. The summed E-state index contributed by atoms with van der Waals surface area (Å²) >= 11 is 1.26. The molecule has 0 aliphatic rings. The van der Waals surface area contributed by atoms with E-state index < -0.39 is 5.25 Å². The number of benzene rings is 2. The molecule has 1 amide bonds. The summed E-state index contributed by atoms with van der Waals surface area (Å²) in [7, 11) is 3.45. The van der Waals surface area contributed by atoms with E-state index in [9.17, 15) is 9.59 Å². The molecule has 0 unspecified atom stereocenters. The molecule has 6 nitrogen and oxygen atoms in total. The Labute approximate surface area is 178 Å². The summed E-state index contributed by atoms with van der Waals surface area (Å²) in [5.74, 6) is -0.0775. The fourth-order valence-corrected chi connectivity index (χ4v) is 4.39. The van der Waals surface area contributed by atoms with Crippen molar-refractivity contribution in [3.63, 3.8) is 0 Å². The Morgan fingerprint density at radius 3 is 2.43 bits per heavy atom. The molecule has 2 heterocycles. The summed E-state index contributed by atoms with van der Waals surface area (Å²) in [5, 5.41) is 0.411. The smallest absolute Gasteiger partial charge is 0.266 e. The highest BCUT2D eigenvalue weighted by atomic mass is 32.2. The van der Waals surface area contributed by atoms with Crippen LogP contribution >= 0.6 is 11.8 Å². The minimum Gasteiger partial charge on any atom is -0.348 e. The second kappa shape index (κ2) is 8.51. The Morgan fingerprint density at radius 1 is 1.00 bits per heavy atom. The first kappa shape index (κ1) is 19.8. The van der Waals surface area contributed by atoms with Gasteiger partial charge in [0.25, 0.3) is 5.56 Å². The Balaban J connectivity index is 1.92. The van der Waals surface area contributed by atoms with Crippen LogP contribution in [0.1, 0.15) is 10.8 Å². The van der Waals surface area contributed by atoms with Crippen molar-refractivity contribution in [1.29, 1.82) is 0 Å². The molecule has 0 spiro atoms. The van der Waals surface area contributed by atoms with E-state index in [-0.39, 0.29) is 11.5 Å². The summed E-state index contributed by atoms with van der Waals surface area (Å²) in [6.45, 7) is 0. The van der Waals surface area contributed by atoms with Crippen LogP contribution in [-0.2, 0) is 4.79 Å². The molecule has 0 saturated carbocycles. The van der Waals surface area contributed by atoms with Crippen LogP contribution in [0, 0.1) is 0 Å². The summed E-state index contributed by atoms with van der Waals surface area (Å²) in [5.41, 5.74) is 1.85. The van der Waals surface area contributed by atoms with Crippen molar-refractivity contribution >= 4 is 28.6 Å². The minimum absolute atomic E-state index is 0.0775. The summed E-state index contributed by atoms with van der Waals surface area (Å²) in [6.07, 6.45) is 3.27. The van der Waals surface area contributed by atoms with Gasteiger partial charge in [0.05, 0.1) is 22.8 Å². The standard InChI is InChI=1S/C23H20N4O2S/c1-26(2)22(29)20(16-9-4-3-5-10-16)30-23-25-19-13-7-6-12-18(19)21(28)27(23)17-11-8-14-24-15-17/h3-15,20H,1-2H3/t20-/m0/s1. The molecule has 2 aromatic carbocycles. The van der Waals surface area contributed by atoms with Gasteiger partial charge in [-0.1, -0.05) is 54.2 Å². The number of thioether (sulfide) groups is 1. The maximum atomic E-state index is 13.4. The zero-order valence-corrected chi connectivity index (χ0v) is 17.4. The molecule has 30 heavy (non-hydrogen) atoms. The molecule has 150 valence electrons. The second-order valence-electron chi connectivity index (χ2n) is 6.90. The zero-order chi connectivity index (χ0) is 21.1. The molecule has 4 rings (SSSR count). The van der Waals surface area contributed by atoms with Crippen LogP contribution in [0.3, 0.4) is 0 Å². The molecule has 1 atom stereocenters. The van der Waals surface area contributed by atoms with E-state index in [1.54, 1.807) is 55.7 Å². The molecule has 2 aromatic heterocycles. The highest BCUT2D eigenvalue weighted by Crippen LogP contribution is 2.36. The predicted molar refractivity (Wildman–Crippen MR) is 119 cm³/mol. The molecule has 0 radical (unpaired) electrons. The number of hydrogen-bond donors (Lipinski definition) is 0. The van der Waals surface area contributed by atoms with Crippen LogP contribution in [0.15, 0.2) is 89.1 Å². The molecule has 0 saturated heterocycles. The SMILES string of the molecule is CN(C)C(=O)[C@@H](Sc1nc2ccccc2c(=O)n1-c1cccnc1)c1ccccc1. The molecular formula is C23H20N4O2S. The number of hydrogen-bond acceptors (Lipinski definition) is 5. The first-order valence-electron chi connectivity index (χ1n) is 9.41. The van der Waals surface area contributed by atoms with Crippen molar-refractivity contribution in [2.24, 2.45) is 0 Å². The average molecular weight is 417 g/mol. The molecule has 0 aliphatic carbocycles. The van der Waals surface area contributed by atoms with Gasteiger partial charge < -0.3 is 4.90 Å². The van der Waals surface area contributed by atoms with Crippen LogP contribution in [-0.4, -0.2) is 39.4 Å². The van der Waals surface area contributed by atoms with Crippen molar-refractivity contribution < 1.29 is 4.79 Å². The lowest BCUT2D eigenvalue weighted by molar-refractivity contribution is -0.128. The third kappa shape index (κ3) is 3.84. The van der Waals surface area contributed by atoms with E-state index in [2.05, 4.69) is 4.98 Å². The molecule has 7 heteroatoms. The lowest BCUT2D eigenvalue weighted by Gasteiger charge is -2.22. The fraction of sp³-hybridized carbons (Fsp3) is 0.130. The van der Waals surface area contributed by atoms with Gasteiger partial charge >= 0.3 is 0 Å². The number of nitrogens with zero attached hydrogens (tertiary/aromatic N) is 4. The third-order valence-corrected chi connectivity index (χ3v) is 5.83. The van der Waals surface area contributed by atoms with Gasteiger partial charge in [0.15, 0.2) is 5.16 Å². The first-order chi connectivity index (χ1) is 14.6. The van der Waals surface area contributed by atoms with E-state index in [1.807, 2.05) is 42.5 Å². The first-order valence-corrected chi connectivity index (χ1v) is 10.3. The summed E-state index contributed by atoms with van der Waals surface area (Å²) in [6, 6.07) is 20.3. The van der Waals surface area contributed by atoms with Crippen molar-refractivity contribution in [1.82, 2.24) is 19.4 Å².